The Morgan fingerprint density at radius 1 is 1.00 bits per heavy atom. The number of carbonyl (C=O) groups excluding carboxylic acids is 1. The third-order valence-corrected chi connectivity index (χ3v) is 3.61. The van der Waals surface area contributed by atoms with Gasteiger partial charge in [-0.05, 0) is 31.0 Å². The summed E-state index contributed by atoms with van der Waals surface area (Å²) in [5.74, 6) is 0.518. The molecule has 0 spiro atoms. The zero-order valence-electron chi connectivity index (χ0n) is 9.85. The van der Waals surface area contributed by atoms with Crippen LogP contribution in [0.1, 0.15) is 23.2 Å². The molecule has 0 amide bonds. The number of Topliss-reactive ketones (excluding diaryl/α,β-unsaturated/α-hetero) is 1. The first-order valence-electron chi connectivity index (χ1n) is 6.28. The van der Waals surface area contributed by atoms with Crippen LogP contribution in [-0.4, -0.2) is 5.78 Å². The normalized spacial score (nSPS) is 15.3. The van der Waals surface area contributed by atoms with E-state index in [4.69, 9.17) is 4.42 Å². The lowest BCUT2D eigenvalue weighted by Gasteiger charge is -1.97. The minimum atomic E-state index is 0.256. The van der Waals surface area contributed by atoms with E-state index >= 15 is 0 Å². The largest absolute Gasteiger partial charge is 0.456 e. The quantitative estimate of drug-likeness (QED) is 0.625. The molecular weight excluding hydrogens is 224 g/mol. The van der Waals surface area contributed by atoms with E-state index in [9.17, 15) is 4.79 Å². The molecule has 1 aromatic heterocycles. The lowest BCUT2D eigenvalue weighted by molar-refractivity contribution is 0.0967. The van der Waals surface area contributed by atoms with Crippen molar-refractivity contribution in [3.8, 4) is 0 Å². The van der Waals surface area contributed by atoms with Crippen molar-refractivity contribution in [3.63, 3.8) is 0 Å². The van der Waals surface area contributed by atoms with Crippen molar-refractivity contribution >= 4 is 27.7 Å². The second-order valence-corrected chi connectivity index (χ2v) is 4.95. The fourth-order valence-electron chi connectivity index (χ4n) is 2.46. The maximum absolute atomic E-state index is 12.0. The summed E-state index contributed by atoms with van der Waals surface area (Å²) in [7, 11) is 0. The molecule has 3 aromatic rings. The van der Waals surface area contributed by atoms with E-state index in [1.807, 2.05) is 42.5 Å². The fraction of sp³-hybridized carbons (Fsp3) is 0.188. The van der Waals surface area contributed by atoms with Gasteiger partial charge in [0.1, 0.15) is 11.2 Å². The molecule has 1 saturated carbocycles. The van der Waals surface area contributed by atoms with Gasteiger partial charge in [-0.1, -0.05) is 24.3 Å². The van der Waals surface area contributed by atoms with Crippen molar-refractivity contribution in [2.45, 2.75) is 12.8 Å². The summed E-state index contributed by atoms with van der Waals surface area (Å²) in [6, 6.07) is 13.8. The summed E-state index contributed by atoms with van der Waals surface area (Å²) in [5.41, 5.74) is 2.47. The summed E-state index contributed by atoms with van der Waals surface area (Å²) in [6.07, 6.45) is 2.08. The van der Waals surface area contributed by atoms with Gasteiger partial charge in [-0.3, -0.25) is 4.79 Å². The number of benzene rings is 2. The zero-order chi connectivity index (χ0) is 12.1. The van der Waals surface area contributed by atoms with Gasteiger partial charge in [0, 0.05) is 22.3 Å². The summed E-state index contributed by atoms with van der Waals surface area (Å²) in [5, 5.41) is 2.19. The molecule has 1 heterocycles. The molecule has 2 nitrogen and oxygen atoms in total. The molecule has 2 aromatic carbocycles. The first-order valence-corrected chi connectivity index (χ1v) is 6.28. The number of rotatable bonds is 2. The summed E-state index contributed by atoms with van der Waals surface area (Å²) in [6.45, 7) is 0. The van der Waals surface area contributed by atoms with Gasteiger partial charge in [-0.2, -0.15) is 0 Å². The first kappa shape index (κ1) is 9.89. The van der Waals surface area contributed by atoms with Crippen LogP contribution in [0.5, 0.6) is 0 Å². The number of hydrogen-bond acceptors (Lipinski definition) is 2. The van der Waals surface area contributed by atoms with Gasteiger partial charge in [0.2, 0.25) is 0 Å². The highest BCUT2D eigenvalue weighted by Crippen LogP contribution is 2.34. The van der Waals surface area contributed by atoms with Crippen LogP contribution in [-0.2, 0) is 0 Å². The van der Waals surface area contributed by atoms with Gasteiger partial charge >= 0.3 is 0 Å². The molecule has 18 heavy (non-hydrogen) atoms. The zero-order valence-corrected chi connectivity index (χ0v) is 9.85. The Morgan fingerprint density at radius 2 is 1.78 bits per heavy atom. The maximum Gasteiger partial charge on any atom is 0.166 e. The monoisotopic (exact) mass is 236 g/mol. The molecule has 1 fully saturated rings. The number of furan rings is 1. The van der Waals surface area contributed by atoms with Crippen LogP contribution >= 0.6 is 0 Å². The fourth-order valence-corrected chi connectivity index (χ4v) is 2.46. The Bertz CT molecular complexity index is 763. The predicted molar refractivity (Wildman–Crippen MR) is 70.8 cm³/mol. The second-order valence-electron chi connectivity index (χ2n) is 4.95. The number of ketones is 1. The van der Waals surface area contributed by atoms with Gasteiger partial charge in [-0.15, -0.1) is 0 Å². The van der Waals surface area contributed by atoms with E-state index in [2.05, 4.69) is 0 Å². The average molecular weight is 236 g/mol. The minimum absolute atomic E-state index is 0.256. The van der Waals surface area contributed by atoms with Crippen molar-refractivity contribution in [2.24, 2.45) is 5.92 Å². The minimum Gasteiger partial charge on any atom is -0.456 e. The van der Waals surface area contributed by atoms with Gasteiger partial charge in [0.05, 0.1) is 0 Å². The smallest absolute Gasteiger partial charge is 0.166 e. The van der Waals surface area contributed by atoms with E-state index in [-0.39, 0.29) is 11.7 Å². The molecule has 1 aliphatic carbocycles. The summed E-state index contributed by atoms with van der Waals surface area (Å²) >= 11 is 0. The Kier molecular flexibility index (Phi) is 1.90. The highest BCUT2D eigenvalue weighted by atomic mass is 16.3. The molecule has 0 aliphatic heterocycles. The molecule has 0 unspecified atom stereocenters. The van der Waals surface area contributed by atoms with Crippen LogP contribution in [0.4, 0.5) is 0 Å². The topological polar surface area (TPSA) is 30.2 Å². The van der Waals surface area contributed by atoms with Crippen molar-refractivity contribution < 1.29 is 9.21 Å². The Balaban J connectivity index is 1.94. The number of carbonyl (C=O) groups is 1. The van der Waals surface area contributed by atoms with Crippen LogP contribution in [0.2, 0.25) is 0 Å². The molecule has 0 atom stereocenters. The van der Waals surface area contributed by atoms with Gasteiger partial charge in [0.15, 0.2) is 5.78 Å². The van der Waals surface area contributed by atoms with Crippen LogP contribution in [0, 0.1) is 5.92 Å². The van der Waals surface area contributed by atoms with E-state index in [0.29, 0.717) is 0 Å². The van der Waals surface area contributed by atoms with E-state index in [1.165, 1.54) is 0 Å². The SMILES string of the molecule is O=C(c1ccc2c(c1)oc1ccccc12)C1CC1. The predicted octanol–water partition coefficient (Wildman–Crippen LogP) is 4.18. The van der Waals surface area contributed by atoms with Crippen LogP contribution < -0.4 is 0 Å². The third kappa shape index (κ3) is 1.39. The molecule has 1 aliphatic rings. The van der Waals surface area contributed by atoms with Crippen LogP contribution in [0.3, 0.4) is 0 Å². The van der Waals surface area contributed by atoms with E-state index < -0.39 is 0 Å². The molecule has 4 rings (SSSR count). The van der Waals surface area contributed by atoms with Crippen molar-refractivity contribution in [1.29, 1.82) is 0 Å². The number of hydrogen-bond donors (Lipinski definition) is 0. The molecule has 0 saturated heterocycles. The maximum atomic E-state index is 12.0. The van der Waals surface area contributed by atoms with Crippen LogP contribution in [0.15, 0.2) is 46.9 Å². The molecule has 2 heteroatoms. The van der Waals surface area contributed by atoms with Crippen molar-refractivity contribution in [3.05, 3.63) is 48.0 Å². The average Bonchev–Trinajstić information content (AvgIpc) is 3.18. The number of fused-ring (bicyclic) bond motifs is 3. The number of para-hydroxylation sites is 1. The summed E-state index contributed by atoms with van der Waals surface area (Å²) in [4.78, 5) is 12.0. The lowest BCUT2D eigenvalue weighted by Crippen LogP contribution is -2.00. The molecule has 0 radical (unpaired) electrons. The van der Waals surface area contributed by atoms with Gasteiger partial charge in [-0.25, -0.2) is 0 Å². The third-order valence-electron chi connectivity index (χ3n) is 3.61. The van der Waals surface area contributed by atoms with E-state index in [1.54, 1.807) is 0 Å². The molecule has 0 N–H and O–H groups in total. The van der Waals surface area contributed by atoms with Crippen molar-refractivity contribution in [1.82, 2.24) is 0 Å². The van der Waals surface area contributed by atoms with Gasteiger partial charge in [0.25, 0.3) is 0 Å². The van der Waals surface area contributed by atoms with Crippen LogP contribution in [0.25, 0.3) is 21.9 Å². The lowest BCUT2D eigenvalue weighted by atomic mass is 10.0. The highest BCUT2D eigenvalue weighted by Gasteiger charge is 2.30. The molecular formula is C16H12O2. The Labute approximate surface area is 104 Å². The summed E-state index contributed by atoms with van der Waals surface area (Å²) < 4.78 is 5.79. The van der Waals surface area contributed by atoms with E-state index in [0.717, 1.165) is 40.3 Å². The van der Waals surface area contributed by atoms with Gasteiger partial charge < -0.3 is 4.42 Å². The highest BCUT2D eigenvalue weighted by molar-refractivity contribution is 6.08. The first-order chi connectivity index (χ1) is 8.83. The molecule has 0 bridgehead atoms. The standard InChI is InChI=1S/C16H12O2/c17-16(10-5-6-10)11-7-8-13-12-3-1-2-4-14(12)18-15(13)9-11/h1-4,7-10H,5-6H2. The second kappa shape index (κ2) is 3.45. The Hall–Kier alpha value is -2.09. The van der Waals surface area contributed by atoms with Crippen molar-refractivity contribution in [2.75, 3.05) is 0 Å². The molecule has 88 valence electrons. The Morgan fingerprint density at radius 3 is 2.61 bits per heavy atom.